The Morgan fingerprint density at radius 3 is 2.62 bits per heavy atom. The number of hydrogen-bond donors (Lipinski definition) is 2. The molecule has 2 N–H and O–H groups in total. The Labute approximate surface area is 76.3 Å². The summed E-state index contributed by atoms with van der Waals surface area (Å²) in [6.45, 7) is 0. The molecule has 68 valence electrons. The first-order valence-corrected chi connectivity index (χ1v) is 5.42. The topological polar surface area (TPSA) is 66.0 Å². The van der Waals surface area contributed by atoms with Gasteiger partial charge in [0.1, 0.15) is 0 Å². The van der Waals surface area contributed by atoms with Gasteiger partial charge in [0.15, 0.2) is 0 Å². The number of allylic oxidation sites excluding steroid dienone is 2. The Morgan fingerprint density at radius 1 is 1.46 bits per heavy atom. The van der Waals surface area contributed by atoms with Crippen LogP contribution >= 0.6 is 10.0 Å². The van der Waals surface area contributed by atoms with E-state index in [1.54, 1.807) is 35.2 Å². The molecular formula is C8H8N2O2S. The van der Waals surface area contributed by atoms with Crippen molar-refractivity contribution in [1.82, 2.24) is 10.2 Å². The second-order valence-electron chi connectivity index (χ2n) is 2.55. The van der Waals surface area contributed by atoms with Crippen LogP contribution in [0, 0.1) is 0 Å². The SMILES string of the molecule is O=C(O)S1(c2ccn[nH]2)C=CC=C1. The largest absolute Gasteiger partial charge is 0.473 e. The summed E-state index contributed by atoms with van der Waals surface area (Å²) in [5.74, 6) is 0. The van der Waals surface area contributed by atoms with Gasteiger partial charge in [-0.1, -0.05) is 22.2 Å². The first kappa shape index (κ1) is 8.12. The third-order valence-electron chi connectivity index (χ3n) is 1.83. The van der Waals surface area contributed by atoms with Gasteiger partial charge in [0.2, 0.25) is 0 Å². The van der Waals surface area contributed by atoms with Crippen LogP contribution in [0.2, 0.25) is 0 Å². The van der Waals surface area contributed by atoms with Crippen molar-refractivity contribution < 1.29 is 9.90 Å². The molecule has 0 aliphatic carbocycles. The van der Waals surface area contributed by atoms with Crippen LogP contribution < -0.4 is 0 Å². The molecule has 0 radical (unpaired) electrons. The van der Waals surface area contributed by atoms with Crippen molar-refractivity contribution in [3.8, 4) is 0 Å². The van der Waals surface area contributed by atoms with E-state index < -0.39 is 15.3 Å². The fraction of sp³-hybridized carbons (Fsp3) is 0. The number of nitrogens with zero attached hydrogens (tertiary/aromatic N) is 1. The van der Waals surface area contributed by atoms with Crippen molar-refractivity contribution in [3.63, 3.8) is 0 Å². The number of aromatic nitrogens is 2. The molecule has 0 bridgehead atoms. The van der Waals surface area contributed by atoms with E-state index in [-0.39, 0.29) is 0 Å². The molecule has 0 saturated heterocycles. The Balaban J connectivity index is 2.53. The van der Waals surface area contributed by atoms with Gasteiger partial charge in [0.05, 0.1) is 5.03 Å². The van der Waals surface area contributed by atoms with Crippen LogP contribution in [0.1, 0.15) is 0 Å². The summed E-state index contributed by atoms with van der Waals surface area (Å²) in [6.07, 6.45) is 5.07. The minimum atomic E-state index is -1.98. The molecule has 5 heteroatoms. The first-order valence-electron chi connectivity index (χ1n) is 3.66. The van der Waals surface area contributed by atoms with Gasteiger partial charge in [-0.05, 0) is 16.9 Å². The number of carboxylic acid groups (broad SMARTS) is 1. The molecule has 1 aliphatic rings. The van der Waals surface area contributed by atoms with Crippen LogP contribution in [-0.4, -0.2) is 20.6 Å². The fourth-order valence-corrected chi connectivity index (χ4v) is 3.14. The summed E-state index contributed by atoms with van der Waals surface area (Å²) in [6, 6.07) is 1.70. The highest BCUT2D eigenvalue weighted by molar-refractivity contribution is 8.49. The number of aromatic amines is 1. The van der Waals surface area contributed by atoms with Crippen molar-refractivity contribution in [2.45, 2.75) is 5.03 Å². The van der Waals surface area contributed by atoms with E-state index in [9.17, 15) is 4.79 Å². The maximum atomic E-state index is 11.1. The summed E-state index contributed by atoms with van der Waals surface area (Å²) < 4.78 is 0. The van der Waals surface area contributed by atoms with Gasteiger partial charge in [-0.15, -0.1) is 0 Å². The normalized spacial score (nSPS) is 20.3. The number of nitrogens with one attached hydrogen (secondary N) is 1. The van der Waals surface area contributed by atoms with Crippen molar-refractivity contribution in [1.29, 1.82) is 0 Å². The summed E-state index contributed by atoms with van der Waals surface area (Å²) in [5, 5.41) is 18.8. The van der Waals surface area contributed by atoms with Crippen LogP contribution in [0.25, 0.3) is 0 Å². The Kier molecular flexibility index (Phi) is 1.73. The molecular weight excluding hydrogens is 188 g/mol. The molecule has 0 spiro atoms. The lowest BCUT2D eigenvalue weighted by atomic mass is 10.6. The molecule has 2 heterocycles. The van der Waals surface area contributed by atoms with Crippen LogP contribution in [-0.2, 0) is 0 Å². The Hall–Kier alpha value is -1.49. The van der Waals surface area contributed by atoms with E-state index in [1.165, 1.54) is 0 Å². The van der Waals surface area contributed by atoms with Gasteiger partial charge in [0, 0.05) is 6.20 Å². The summed E-state index contributed by atoms with van der Waals surface area (Å²) >= 11 is 0. The van der Waals surface area contributed by atoms with Crippen molar-refractivity contribution in [3.05, 3.63) is 35.2 Å². The lowest BCUT2D eigenvalue weighted by Crippen LogP contribution is -2.04. The van der Waals surface area contributed by atoms with Crippen molar-refractivity contribution in [2.75, 3.05) is 0 Å². The fourth-order valence-electron chi connectivity index (χ4n) is 1.17. The van der Waals surface area contributed by atoms with Gasteiger partial charge < -0.3 is 5.11 Å². The van der Waals surface area contributed by atoms with Gasteiger partial charge >= 0.3 is 5.30 Å². The van der Waals surface area contributed by atoms with Crippen LogP contribution in [0.3, 0.4) is 0 Å². The molecule has 2 rings (SSSR count). The number of hydrogen-bond acceptors (Lipinski definition) is 2. The van der Waals surface area contributed by atoms with E-state index in [4.69, 9.17) is 5.11 Å². The maximum absolute atomic E-state index is 11.1. The monoisotopic (exact) mass is 196 g/mol. The molecule has 0 amide bonds. The molecule has 1 aromatic heterocycles. The van der Waals surface area contributed by atoms with Gasteiger partial charge in [-0.25, -0.2) is 4.79 Å². The van der Waals surface area contributed by atoms with Crippen LogP contribution in [0.15, 0.2) is 40.3 Å². The number of rotatable bonds is 1. The predicted octanol–water partition coefficient (Wildman–Crippen LogP) is 2.29. The van der Waals surface area contributed by atoms with E-state index >= 15 is 0 Å². The summed E-state index contributed by atoms with van der Waals surface area (Å²) in [4.78, 5) is 11.1. The van der Waals surface area contributed by atoms with E-state index in [0.717, 1.165) is 0 Å². The smallest absolute Gasteiger partial charge is 0.359 e. The molecule has 0 fully saturated rings. The molecule has 4 nitrogen and oxygen atoms in total. The third-order valence-corrected chi connectivity index (χ3v) is 4.53. The zero-order valence-corrected chi connectivity index (χ0v) is 7.49. The minimum absolute atomic E-state index is 0.657. The van der Waals surface area contributed by atoms with E-state index in [0.29, 0.717) is 5.03 Å². The molecule has 0 aromatic carbocycles. The molecule has 1 aromatic rings. The van der Waals surface area contributed by atoms with E-state index in [2.05, 4.69) is 10.2 Å². The molecule has 0 unspecified atom stereocenters. The third kappa shape index (κ3) is 1.08. The highest BCUT2D eigenvalue weighted by atomic mass is 32.3. The lowest BCUT2D eigenvalue weighted by molar-refractivity contribution is 0.221. The van der Waals surface area contributed by atoms with Crippen molar-refractivity contribution >= 4 is 15.3 Å². The highest BCUT2D eigenvalue weighted by Crippen LogP contribution is 2.60. The minimum Gasteiger partial charge on any atom is -0.473 e. The highest BCUT2D eigenvalue weighted by Gasteiger charge is 2.32. The summed E-state index contributed by atoms with van der Waals surface area (Å²) in [7, 11) is -1.98. The second kappa shape index (κ2) is 2.77. The van der Waals surface area contributed by atoms with Crippen molar-refractivity contribution in [2.24, 2.45) is 0 Å². The molecule has 1 aliphatic heterocycles. The average Bonchev–Trinajstić information content (AvgIpc) is 2.75. The average molecular weight is 196 g/mol. The van der Waals surface area contributed by atoms with Crippen LogP contribution in [0.4, 0.5) is 4.79 Å². The molecule has 13 heavy (non-hydrogen) atoms. The first-order chi connectivity index (χ1) is 6.26. The van der Waals surface area contributed by atoms with Gasteiger partial charge in [-0.2, -0.15) is 5.10 Å². The summed E-state index contributed by atoms with van der Waals surface area (Å²) in [5.41, 5.74) is 0. The molecule has 0 atom stereocenters. The zero-order chi connectivity index (χ0) is 9.31. The lowest BCUT2D eigenvalue weighted by Gasteiger charge is -2.23. The Bertz CT molecular complexity index is 369. The molecule has 0 saturated carbocycles. The number of carbonyl (C=O) groups is 1. The standard InChI is InChI=1S/C8H8N2O2S/c11-8(12)13(5-1-2-6-13)7-3-4-9-10-7/h1-6H,(H,9,10)(H,11,12). The maximum Gasteiger partial charge on any atom is 0.359 e. The quantitative estimate of drug-likeness (QED) is 0.724. The van der Waals surface area contributed by atoms with E-state index in [1.807, 2.05) is 0 Å². The predicted molar refractivity (Wildman–Crippen MR) is 50.7 cm³/mol. The van der Waals surface area contributed by atoms with Gasteiger partial charge in [-0.3, -0.25) is 5.10 Å². The zero-order valence-electron chi connectivity index (χ0n) is 6.68. The second-order valence-corrected chi connectivity index (χ2v) is 5.31. The van der Waals surface area contributed by atoms with Crippen LogP contribution in [0.5, 0.6) is 0 Å². The van der Waals surface area contributed by atoms with Gasteiger partial charge in [0.25, 0.3) is 0 Å². The number of H-pyrrole nitrogens is 1. The Morgan fingerprint density at radius 2 is 2.15 bits per heavy atom.